The standard InChI is InChI=1S/C28H33N3O5S/c1-19-8-6-9-22(16-19)37(34,35)31-18-21(13-15-26(32)28(2,3)33)36-25-14-12-20(17-24(25)31)23-10-7-11-27(29-23)30(4)5/h6-12,14,16-17,21,33H,13,15,18H2,1-5H3/t21-/m0/s1. The Morgan fingerprint density at radius 1 is 1.14 bits per heavy atom. The Hall–Kier alpha value is -3.43. The van der Waals surface area contributed by atoms with Gasteiger partial charge in [-0.2, -0.15) is 0 Å². The van der Waals surface area contributed by atoms with Crippen molar-refractivity contribution in [2.75, 3.05) is 29.8 Å². The topological polar surface area (TPSA) is 100 Å². The highest BCUT2D eigenvalue weighted by atomic mass is 32.2. The second-order valence-corrected chi connectivity index (χ2v) is 11.9. The number of anilines is 2. The molecule has 9 heteroatoms. The number of rotatable bonds is 8. The maximum atomic E-state index is 13.9. The number of aromatic nitrogens is 1. The minimum absolute atomic E-state index is 0.0387. The molecule has 1 aromatic heterocycles. The van der Waals surface area contributed by atoms with Crippen LogP contribution in [0.5, 0.6) is 5.75 Å². The molecule has 1 N–H and O–H groups in total. The van der Waals surface area contributed by atoms with Gasteiger partial charge in [0.05, 0.1) is 22.8 Å². The van der Waals surface area contributed by atoms with Crippen LogP contribution in [0.2, 0.25) is 0 Å². The molecule has 3 aromatic rings. The van der Waals surface area contributed by atoms with Crippen LogP contribution < -0.4 is 13.9 Å². The minimum Gasteiger partial charge on any atom is -0.486 e. The van der Waals surface area contributed by atoms with Gasteiger partial charge in [0.1, 0.15) is 23.3 Å². The van der Waals surface area contributed by atoms with Gasteiger partial charge in [0.25, 0.3) is 10.0 Å². The fourth-order valence-corrected chi connectivity index (χ4v) is 5.79. The predicted molar refractivity (Wildman–Crippen MR) is 145 cm³/mol. The fraction of sp³-hybridized carbons (Fsp3) is 0.357. The van der Waals surface area contributed by atoms with E-state index in [0.717, 1.165) is 16.9 Å². The summed E-state index contributed by atoms with van der Waals surface area (Å²) in [5, 5.41) is 10.0. The molecule has 0 spiro atoms. The second kappa shape index (κ2) is 10.1. The molecule has 4 rings (SSSR count). The molecule has 2 heterocycles. The maximum absolute atomic E-state index is 13.9. The largest absolute Gasteiger partial charge is 0.486 e. The lowest BCUT2D eigenvalue weighted by atomic mass is 9.98. The highest BCUT2D eigenvalue weighted by molar-refractivity contribution is 7.92. The number of ketones is 1. The van der Waals surface area contributed by atoms with Gasteiger partial charge in [-0.3, -0.25) is 9.10 Å². The number of ether oxygens (including phenoxy) is 1. The number of pyridine rings is 1. The molecule has 0 radical (unpaired) electrons. The molecule has 0 bridgehead atoms. The molecule has 0 amide bonds. The van der Waals surface area contributed by atoms with Crippen LogP contribution in [0.1, 0.15) is 32.3 Å². The SMILES string of the molecule is Cc1cccc(S(=O)(=O)N2C[C@H](CCC(=O)C(C)(C)O)Oc3ccc(-c4cccc(N(C)C)n4)cc32)c1. The van der Waals surface area contributed by atoms with Crippen LogP contribution in [-0.2, 0) is 14.8 Å². The van der Waals surface area contributed by atoms with E-state index in [9.17, 15) is 18.3 Å². The first-order valence-electron chi connectivity index (χ1n) is 12.2. The molecule has 1 atom stereocenters. The smallest absolute Gasteiger partial charge is 0.264 e. The Labute approximate surface area is 218 Å². The van der Waals surface area contributed by atoms with Crippen molar-refractivity contribution >= 4 is 27.3 Å². The van der Waals surface area contributed by atoms with Crippen LogP contribution in [-0.4, -0.2) is 56.6 Å². The van der Waals surface area contributed by atoms with Crippen molar-refractivity contribution in [3.05, 3.63) is 66.2 Å². The lowest BCUT2D eigenvalue weighted by Crippen LogP contribution is -2.44. The Morgan fingerprint density at radius 2 is 1.86 bits per heavy atom. The maximum Gasteiger partial charge on any atom is 0.264 e. The van der Waals surface area contributed by atoms with Gasteiger partial charge in [-0.1, -0.05) is 18.2 Å². The van der Waals surface area contributed by atoms with E-state index in [1.54, 1.807) is 30.3 Å². The molecule has 0 saturated heterocycles. The fourth-order valence-electron chi connectivity index (χ4n) is 4.18. The van der Waals surface area contributed by atoms with Gasteiger partial charge in [0.15, 0.2) is 5.78 Å². The quantitative estimate of drug-likeness (QED) is 0.472. The van der Waals surface area contributed by atoms with Gasteiger partial charge in [0, 0.05) is 26.1 Å². The molecule has 0 unspecified atom stereocenters. The second-order valence-electron chi connectivity index (χ2n) is 10.1. The summed E-state index contributed by atoms with van der Waals surface area (Å²) >= 11 is 0. The lowest BCUT2D eigenvalue weighted by molar-refractivity contribution is -0.134. The normalized spacial score (nSPS) is 15.6. The van der Waals surface area contributed by atoms with E-state index in [4.69, 9.17) is 9.72 Å². The summed E-state index contributed by atoms with van der Waals surface area (Å²) in [5.74, 6) is 0.875. The number of aryl methyl sites for hydroxylation is 1. The highest BCUT2D eigenvalue weighted by Crippen LogP contribution is 2.40. The summed E-state index contributed by atoms with van der Waals surface area (Å²) < 4.78 is 35.3. The first kappa shape index (κ1) is 26.6. The summed E-state index contributed by atoms with van der Waals surface area (Å²) in [6, 6.07) is 17.9. The van der Waals surface area contributed by atoms with Crippen molar-refractivity contribution in [1.29, 1.82) is 0 Å². The Kier molecular flexibility index (Phi) is 7.30. The zero-order chi connectivity index (χ0) is 27.0. The molecule has 8 nitrogen and oxygen atoms in total. The average Bonchev–Trinajstić information content (AvgIpc) is 2.85. The monoisotopic (exact) mass is 523 g/mol. The van der Waals surface area contributed by atoms with Crippen molar-refractivity contribution < 1.29 is 23.1 Å². The van der Waals surface area contributed by atoms with Crippen LogP contribution in [0.15, 0.2) is 65.6 Å². The number of hydrogen-bond donors (Lipinski definition) is 1. The van der Waals surface area contributed by atoms with Crippen molar-refractivity contribution in [3.8, 4) is 17.0 Å². The van der Waals surface area contributed by atoms with Crippen LogP contribution in [0.3, 0.4) is 0 Å². The molecule has 2 aromatic carbocycles. The van der Waals surface area contributed by atoms with E-state index < -0.39 is 21.7 Å². The minimum atomic E-state index is -3.93. The van der Waals surface area contributed by atoms with E-state index in [0.29, 0.717) is 17.1 Å². The molecular formula is C28H33N3O5S. The van der Waals surface area contributed by atoms with Gasteiger partial charge in [-0.05, 0) is 75.2 Å². The zero-order valence-corrected chi connectivity index (χ0v) is 22.6. The van der Waals surface area contributed by atoms with Gasteiger partial charge >= 0.3 is 0 Å². The summed E-state index contributed by atoms with van der Waals surface area (Å²) in [6.45, 7) is 4.78. The van der Waals surface area contributed by atoms with Crippen LogP contribution in [0.25, 0.3) is 11.3 Å². The number of carbonyl (C=O) groups is 1. The number of fused-ring (bicyclic) bond motifs is 1. The molecule has 196 valence electrons. The number of aliphatic hydroxyl groups is 1. The number of benzene rings is 2. The van der Waals surface area contributed by atoms with Gasteiger partial charge in [0.2, 0.25) is 0 Å². The van der Waals surface area contributed by atoms with E-state index in [1.165, 1.54) is 18.2 Å². The Bertz CT molecular complexity index is 1410. The number of Topliss-reactive ketones (excluding diaryl/α,β-unsaturated/α-hetero) is 1. The number of carbonyl (C=O) groups excluding carboxylic acids is 1. The van der Waals surface area contributed by atoms with Crippen molar-refractivity contribution in [1.82, 2.24) is 4.98 Å². The Balaban J connectivity index is 1.75. The molecule has 0 fully saturated rings. The third kappa shape index (κ3) is 5.78. The van der Waals surface area contributed by atoms with Crippen LogP contribution in [0, 0.1) is 6.92 Å². The lowest BCUT2D eigenvalue weighted by Gasteiger charge is -2.36. The third-order valence-corrected chi connectivity index (χ3v) is 8.11. The highest BCUT2D eigenvalue weighted by Gasteiger charge is 2.36. The average molecular weight is 524 g/mol. The molecule has 0 aliphatic carbocycles. The summed E-state index contributed by atoms with van der Waals surface area (Å²) in [6.07, 6.45) is -0.211. The Morgan fingerprint density at radius 3 is 2.54 bits per heavy atom. The molecule has 0 saturated carbocycles. The first-order valence-corrected chi connectivity index (χ1v) is 13.6. The van der Waals surface area contributed by atoms with Gasteiger partial charge in [-0.15, -0.1) is 0 Å². The van der Waals surface area contributed by atoms with Crippen molar-refractivity contribution in [3.63, 3.8) is 0 Å². The number of sulfonamides is 1. The zero-order valence-electron chi connectivity index (χ0n) is 21.8. The summed E-state index contributed by atoms with van der Waals surface area (Å²) in [4.78, 5) is 19.1. The van der Waals surface area contributed by atoms with Crippen molar-refractivity contribution in [2.45, 2.75) is 50.2 Å². The van der Waals surface area contributed by atoms with Gasteiger partial charge in [-0.25, -0.2) is 13.4 Å². The van der Waals surface area contributed by atoms with Crippen LogP contribution in [0.4, 0.5) is 11.5 Å². The van der Waals surface area contributed by atoms with Gasteiger partial charge < -0.3 is 14.7 Å². The third-order valence-electron chi connectivity index (χ3n) is 6.33. The molecular weight excluding hydrogens is 490 g/mol. The van der Waals surface area contributed by atoms with E-state index in [1.807, 2.05) is 56.3 Å². The predicted octanol–water partition coefficient (Wildman–Crippen LogP) is 4.20. The molecule has 37 heavy (non-hydrogen) atoms. The van der Waals surface area contributed by atoms with Crippen molar-refractivity contribution in [2.24, 2.45) is 0 Å². The molecule has 1 aliphatic heterocycles. The summed E-state index contributed by atoms with van der Waals surface area (Å²) in [5.41, 5.74) is 1.26. The van der Waals surface area contributed by atoms with E-state index >= 15 is 0 Å². The number of hydrogen-bond acceptors (Lipinski definition) is 7. The first-order chi connectivity index (χ1) is 17.4. The van der Waals surface area contributed by atoms with E-state index in [2.05, 4.69) is 0 Å². The van der Waals surface area contributed by atoms with Crippen LogP contribution >= 0.6 is 0 Å². The van der Waals surface area contributed by atoms with E-state index in [-0.39, 0.29) is 30.1 Å². The summed E-state index contributed by atoms with van der Waals surface area (Å²) in [7, 11) is -0.111. The number of nitrogens with zero attached hydrogens (tertiary/aromatic N) is 3. The molecule has 1 aliphatic rings.